The zero-order valence-corrected chi connectivity index (χ0v) is 6.48. The number of carbonyl (C=O) groups is 1. The molecule has 2 N–H and O–H groups in total. The maximum atomic E-state index is 9.83. The fourth-order valence-electron chi connectivity index (χ4n) is 0.161. The molecule has 0 unspecified atom stereocenters. The molecule has 2 nitrogen and oxygen atoms in total. The van der Waals surface area contributed by atoms with Gasteiger partial charge in [-0.2, -0.15) is 0 Å². The van der Waals surface area contributed by atoms with Gasteiger partial charge in [0.15, 0.2) is 0 Å². The van der Waals surface area contributed by atoms with E-state index in [2.05, 4.69) is 0 Å². The minimum Gasteiger partial charge on any atom is -0.327 e. The number of halogens is 1. The van der Waals surface area contributed by atoms with Gasteiger partial charge in [0.25, 0.3) is 0 Å². The van der Waals surface area contributed by atoms with Crippen molar-refractivity contribution in [3.63, 3.8) is 0 Å². The third-order valence-electron chi connectivity index (χ3n) is 0.385. The molecule has 0 radical (unpaired) electrons. The van der Waals surface area contributed by atoms with Crippen molar-refractivity contribution in [1.82, 2.24) is 0 Å². The predicted octanol–water partition coefficient (Wildman–Crippen LogP) is 1.29. The average molecular weight is 150 g/mol. The molecule has 0 aromatic carbocycles. The topological polar surface area (TPSA) is 43.1 Å². The van der Waals surface area contributed by atoms with Gasteiger partial charge in [-0.25, -0.2) is 0 Å². The van der Waals surface area contributed by atoms with Crippen LogP contribution in [0.3, 0.4) is 0 Å². The van der Waals surface area contributed by atoms with E-state index in [9.17, 15) is 4.79 Å². The number of rotatable bonds is 2. The molecule has 0 aromatic rings. The van der Waals surface area contributed by atoms with Crippen LogP contribution in [0.1, 0.15) is 13.8 Å². The molecule has 0 aliphatic carbocycles. The molecule has 0 atom stereocenters. The van der Waals surface area contributed by atoms with Crippen LogP contribution in [0.5, 0.6) is 0 Å². The largest absolute Gasteiger partial charge is 0.327 e. The standard InChI is InChI=1S/C4H6ClNO.C2H6/c5-4(7)2-1-3-6;1-2/h1-2H,3,6H2;1-2H3/b2-1+;. The minimum absolute atomic E-state index is 0.360. The molecule has 54 valence electrons. The summed E-state index contributed by atoms with van der Waals surface area (Å²) in [7, 11) is 0. The third-order valence-corrected chi connectivity index (χ3v) is 0.511. The molecule has 0 spiro atoms. The highest BCUT2D eigenvalue weighted by molar-refractivity contribution is 6.66. The first kappa shape index (κ1) is 11.5. The Kier molecular flexibility index (Phi) is 13.5. The van der Waals surface area contributed by atoms with E-state index in [-0.39, 0.29) is 0 Å². The second kappa shape index (κ2) is 10.6. The van der Waals surface area contributed by atoms with Crippen LogP contribution in [0.15, 0.2) is 12.2 Å². The summed E-state index contributed by atoms with van der Waals surface area (Å²) in [5.41, 5.74) is 4.98. The molecule has 0 rings (SSSR count). The Labute approximate surface area is 60.7 Å². The smallest absolute Gasteiger partial charge is 0.244 e. The van der Waals surface area contributed by atoms with Gasteiger partial charge in [0.2, 0.25) is 5.24 Å². The van der Waals surface area contributed by atoms with E-state index in [4.69, 9.17) is 17.3 Å². The van der Waals surface area contributed by atoms with Gasteiger partial charge in [0.05, 0.1) is 0 Å². The second-order valence-electron chi connectivity index (χ2n) is 0.942. The summed E-state index contributed by atoms with van der Waals surface area (Å²) in [6.07, 6.45) is 2.72. The van der Waals surface area contributed by atoms with Crippen molar-refractivity contribution in [2.45, 2.75) is 13.8 Å². The normalized spacial score (nSPS) is 8.44. The maximum absolute atomic E-state index is 9.83. The average Bonchev–Trinajstić information content (AvgIpc) is 1.88. The lowest BCUT2D eigenvalue weighted by Gasteiger charge is -1.72. The van der Waals surface area contributed by atoms with Gasteiger partial charge in [-0.1, -0.05) is 19.9 Å². The number of hydrogen-bond acceptors (Lipinski definition) is 2. The van der Waals surface area contributed by atoms with Gasteiger partial charge in [0.1, 0.15) is 0 Å². The quantitative estimate of drug-likeness (QED) is 0.475. The lowest BCUT2D eigenvalue weighted by molar-refractivity contribution is -0.107. The van der Waals surface area contributed by atoms with Gasteiger partial charge >= 0.3 is 0 Å². The highest BCUT2D eigenvalue weighted by Gasteiger charge is 1.79. The van der Waals surface area contributed by atoms with Crippen molar-refractivity contribution in [2.24, 2.45) is 5.73 Å². The van der Waals surface area contributed by atoms with Crippen molar-refractivity contribution in [3.8, 4) is 0 Å². The number of hydrogen-bond donors (Lipinski definition) is 1. The van der Waals surface area contributed by atoms with E-state index in [1.165, 1.54) is 12.2 Å². The summed E-state index contributed by atoms with van der Waals surface area (Å²) >= 11 is 4.88. The molecular weight excluding hydrogens is 138 g/mol. The van der Waals surface area contributed by atoms with E-state index in [1.807, 2.05) is 13.8 Å². The molecule has 0 bridgehead atoms. The summed E-state index contributed by atoms with van der Waals surface area (Å²) in [4.78, 5) is 9.83. The van der Waals surface area contributed by atoms with Crippen molar-refractivity contribution in [2.75, 3.05) is 6.54 Å². The van der Waals surface area contributed by atoms with E-state index >= 15 is 0 Å². The minimum atomic E-state index is -0.481. The van der Waals surface area contributed by atoms with E-state index in [0.29, 0.717) is 6.54 Å². The Morgan fingerprint density at radius 2 is 2.11 bits per heavy atom. The van der Waals surface area contributed by atoms with Gasteiger partial charge < -0.3 is 5.73 Å². The van der Waals surface area contributed by atoms with Crippen LogP contribution in [0.4, 0.5) is 0 Å². The molecule has 0 saturated carbocycles. The summed E-state index contributed by atoms with van der Waals surface area (Å²) in [6, 6.07) is 0. The molecule has 0 fully saturated rings. The highest BCUT2D eigenvalue weighted by atomic mass is 35.5. The molecule has 0 heterocycles. The number of carbonyl (C=O) groups excluding carboxylic acids is 1. The second-order valence-corrected chi connectivity index (χ2v) is 1.31. The Hall–Kier alpha value is -0.340. The fraction of sp³-hybridized carbons (Fsp3) is 0.500. The van der Waals surface area contributed by atoms with Crippen LogP contribution in [0, 0.1) is 0 Å². The molecule has 3 heteroatoms. The fourth-order valence-corrected chi connectivity index (χ4v) is 0.250. The molecule has 0 aliphatic rings. The molecule has 9 heavy (non-hydrogen) atoms. The zero-order valence-electron chi connectivity index (χ0n) is 5.73. The molecule has 0 saturated heterocycles. The predicted molar refractivity (Wildman–Crippen MR) is 40.4 cm³/mol. The van der Waals surface area contributed by atoms with Crippen LogP contribution in [-0.2, 0) is 4.79 Å². The monoisotopic (exact) mass is 149 g/mol. The SMILES string of the molecule is CC.NC/C=C/C(=O)Cl. The van der Waals surface area contributed by atoms with E-state index < -0.39 is 5.24 Å². The Balaban J connectivity index is 0. The number of allylic oxidation sites excluding steroid dienone is 1. The van der Waals surface area contributed by atoms with Crippen LogP contribution in [0.2, 0.25) is 0 Å². The van der Waals surface area contributed by atoms with Crippen LogP contribution in [0.25, 0.3) is 0 Å². The van der Waals surface area contributed by atoms with Crippen LogP contribution < -0.4 is 5.73 Å². The van der Waals surface area contributed by atoms with Gasteiger partial charge in [0, 0.05) is 6.54 Å². The molecule has 0 aliphatic heterocycles. The van der Waals surface area contributed by atoms with Crippen LogP contribution >= 0.6 is 11.6 Å². The molecule has 0 amide bonds. The number of nitrogens with two attached hydrogens (primary N) is 1. The van der Waals surface area contributed by atoms with E-state index in [1.54, 1.807) is 0 Å². The summed E-state index contributed by atoms with van der Waals surface area (Å²) in [5.74, 6) is 0. The Bertz CT molecular complexity index is 91.1. The van der Waals surface area contributed by atoms with Gasteiger partial charge in [-0.15, -0.1) is 0 Å². The first-order valence-corrected chi connectivity index (χ1v) is 3.21. The van der Waals surface area contributed by atoms with Crippen molar-refractivity contribution < 1.29 is 4.79 Å². The third kappa shape index (κ3) is 18.3. The summed E-state index contributed by atoms with van der Waals surface area (Å²) in [5, 5.41) is -0.481. The van der Waals surface area contributed by atoms with Crippen molar-refractivity contribution >= 4 is 16.8 Å². The lowest BCUT2D eigenvalue weighted by atomic mass is 10.5. The molecular formula is C6H12ClNO. The lowest BCUT2D eigenvalue weighted by Crippen LogP contribution is -1.93. The van der Waals surface area contributed by atoms with Gasteiger partial charge in [-0.3, -0.25) is 4.79 Å². The van der Waals surface area contributed by atoms with Crippen LogP contribution in [-0.4, -0.2) is 11.8 Å². The zero-order chi connectivity index (χ0) is 7.70. The van der Waals surface area contributed by atoms with Gasteiger partial charge in [-0.05, 0) is 17.7 Å². The van der Waals surface area contributed by atoms with Crippen molar-refractivity contribution in [1.29, 1.82) is 0 Å². The summed E-state index contributed by atoms with van der Waals surface area (Å²) < 4.78 is 0. The van der Waals surface area contributed by atoms with E-state index in [0.717, 1.165) is 0 Å². The highest BCUT2D eigenvalue weighted by Crippen LogP contribution is 1.78. The van der Waals surface area contributed by atoms with Crippen molar-refractivity contribution in [3.05, 3.63) is 12.2 Å². The first-order chi connectivity index (χ1) is 4.27. The summed E-state index contributed by atoms with van der Waals surface area (Å²) in [6.45, 7) is 4.36. The first-order valence-electron chi connectivity index (χ1n) is 2.83. The molecule has 0 aromatic heterocycles. The Morgan fingerprint density at radius 1 is 1.67 bits per heavy atom. The maximum Gasteiger partial charge on any atom is 0.244 e. The Morgan fingerprint density at radius 3 is 2.22 bits per heavy atom.